The lowest BCUT2D eigenvalue weighted by molar-refractivity contribution is 0.143. The molecule has 3 aromatic rings. The standard InChI is InChI=1S/C24H25Cl2N3O4/c1-4-5-6-32-22-9-16-19(11-23(22)33-8-7-30-2)28-14-15(13-27)24(16)29-20-12-21(31-3)18(26)10-17(20)25/h9-12,14H,4-8H2,1-3H3,(H,28,29). The van der Waals surface area contributed by atoms with Gasteiger partial charge in [-0.15, -0.1) is 0 Å². The largest absolute Gasteiger partial charge is 0.495 e. The Labute approximate surface area is 203 Å². The molecule has 0 radical (unpaired) electrons. The maximum atomic E-state index is 9.73. The summed E-state index contributed by atoms with van der Waals surface area (Å²) in [5.74, 6) is 1.58. The van der Waals surface area contributed by atoms with Crippen LogP contribution in [0.25, 0.3) is 10.9 Å². The van der Waals surface area contributed by atoms with E-state index < -0.39 is 0 Å². The van der Waals surface area contributed by atoms with Crippen LogP contribution >= 0.6 is 23.2 Å². The Morgan fingerprint density at radius 3 is 2.42 bits per heavy atom. The van der Waals surface area contributed by atoms with Crippen molar-refractivity contribution in [3.05, 3.63) is 46.1 Å². The van der Waals surface area contributed by atoms with E-state index in [0.29, 0.717) is 75.0 Å². The van der Waals surface area contributed by atoms with Crippen LogP contribution in [0.15, 0.2) is 30.5 Å². The molecule has 33 heavy (non-hydrogen) atoms. The van der Waals surface area contributed by atoms with Crippen LogP contribution in [0.3, 0.4) is 0 Å². The molecular weight excluding hydrogens is 465 g/mol. The number of ether oxygens (including phenoxy) is 4. The Hall–Kier alpha value is -2.92. The second-order valence-corrected chi connectivity index (χ2v) is 7.92. The number of halogens is 2. The summed E-state index contributed by atoms with van der Waals surface area (Å²) in [5.41, 5.74) is 2.05. The lowest BCUT2D eigenvalue weighted by Crippen LogP contribution is -2.07. The van der Waals surface area contributed by atoms with Crippen molar-refractivity contribution in [1.82, 2.24) is 4.98 Å². The molecule has 0 amide bonds. The molecule has 9 heteroatoms. The second-order valence-electron chi connectivity index (χ2n) is 7.11. The molecule has 7 nitrogen and oxygen atoms in total. The van der Waals surface area contributed by atoms with Crippen LogP contribution in [-0.2, 0) is 4.74 Å². The molecule has 0 aliphatic rings. The zero-order chi connectivity index (χ0) is 23.8. The lowest BCUT2D eigenvalue weighted by atomic mass is 10.1. The summed E-state index contributed by atoms with van der Waals surface area (Å²) in [6.07, 6.45) is 3.40. The Morgan fingerprint density at radius 1 is 0.970 bits per heavy atom. The van der Waals surface area contributed by atoms with Crippen molar-refractivity contribution >= 4 is 45.5 Å². The summed E-state index contributed by atoms with van der Waals surface area (Å²) in [6, 6.07) is 9.06. The van der Waals surface area contributed by atoms with Gasteiger partial charge in [0.15, 0.2) is 11.5 Å². The predicted octanol–water partition coefficient (Wildman–Crippen LogP) is 6.37. The zero-order valence-corrected chi connectivity index (χ0v) is 20.2. The number of methoxy groups -OCH3 is 2. The Kier molecular flexibility index (Phi) is 8.84. The smallest absolute Gasteiger partial charge is 0.163 e. The molecule has 0 spiro atoms. The van der Waals surface area contributed by atoms with Crippen LogP contribution in [-0.4, -0.2) is 39.0 Å². The van der Waals surface area contributed by atoms with Gasteiger partial charge in [-0.25, -0.2) is 0 Å². The highest BCUT2D eigenvalue weighted by Gasteiger charge is 2.17. The van der Waals surface area contributed by atoms with Crippen molar-refractivity contribution < 1.29 is 18.9 Å². The van der Waals surface area contributed by atoms with Crippen molar-refractivity contribution in [2.45, 2.75) is 19.8 Å². The second kappa shape index (κ2) is 11.8. The molecule has 0 saturated carbocycles. The summed E-state index contributed by atoms with van der Waals surface area (Å²) in [6.45, 7) is 3.44. The van der Waals surface area contributed by atoms with Gasteiger partial charge in [0.25, 0.3) is 0 Å². The van der Waals surface area contributed by atoms with Crippen molar-refractivity contribution in [3.63, 3.8) is 0 Å². The number of nitrogens with one attached hydrogen (secondary N) is 1. The minimum atomic E-state index is 0.347. The third-order valence-electron chi connectivity index (χ3n) is 4.86. The first-order chi connectivity index (χ1) is 16.0. The van der Waals surface area contributed by atoms with Gasteiger partial charge < -0.3 is 24.3 Å². The molecule has 0 aliphatic carbocycles. The van der Waals surface area contributed by atoms with E-state index in [2.05, 4.69) is 23.3 Å². The topological polar surface area (TPSA) is 85.6 Å². The Morgan fingerprint density at radius 2 is 1.73 bits per heavy atom. The van der Waals surface area contributed by atoms with Gasteiger partial charge in [-0.1, -0.05) is 36.5 Å². The van der Waals surface area contributed by atoms with Gasteiger partial charge in [-0.2, -0.15) is 5.26 Å². The number of unbranched alkanes of at least 4 members (excludes halogenated alkanes) is 1. The van der Waals surface area contributed by atoms with Crippen LogP contribution < -0.4 is 19.5 Å². The van der Waals surface area contributed by atoms with Crippen LogP contribution in [0.2, 0.25) is 10.0 Å². The molecule has 1 N–H and O–H groups in total. The SMILES string of the molecule is CCCCOc1cc2c(Nc3cc(OC)c(Cl)cc3Cl)c(C#N)cnc2cc1OCCOC. The molecule has 3 rings (SSSR count). The van der Waals surface area contributed by atoms with E-state index in [9.17, 15) is 5.26 Å². The molecule has 0 bridgehead atoms. The number of nitrogens with zero attached hydrogens (tertiary/aromatic N) is 2. The quantitative estimate of drug-likeness (QED) is 0.313. The molecule has 1 heterocycles. The van der Waals surface area contributed by atoms with Gasteiger partial charge in [0.05, 0.1) is 52.8 Å². The number of benzene rings is 2. The molecule has 0 fully saturated rings. The fourth-order valence-corrected chi connectivity index (χ4v) is 3.63. The Bertz CT molecular complexity index is 1160. The minimum absolute atomic E-state index is 0.347. The third-order valence-corrected chi connectivity index (χ3v) is 5.46. The fraction of sp³-hybridized carbons (Fsp3) is 0.333. The van der Waals surface area contributed by atoms with Gasteiger partial charge in [-0.3, -0.25) is 4.98 Å². The van der Waals surface area contributed by atoms with Gasteiger partial charge in [0, 0.05) is 30.8 Å². The van der Waals surface area contributed by atoms with Gasteiger partial charge in [-0.05, 0) is 18.6 Å². The van der Waals surface area contributed by atoms with E-state index in [-0.39, 0.29) is 0 Å². The van der Waals surface area contributed by atoms with Crippen molar-refractivity contribution in [3.8, 4) is 23.3 Å². The van der Waals surface area contributed by atoms with E-state index >= 15 is 0 Å². The average molecular weight is 490 g/mol. The highest BCUT2D eigenvalue weighted by atomic mass is 35.5. The van der Waals surface area contributed by atoms with E-state index in [1.165, 1.54) is 13.3 Å². The van der Waals surface area contributed by atoms with Crippen molar-refractivity contribution in [1.29, 1.82) is 5.26 Å². The number of anilines is 2. The highest BCUT2D eigenvalue weighted by Crippen LogP contribution is 2.40. The predicted molar refractivity (Wildman–Crippen MR) is 131 cm³/mol. The van der Waals surface area contributed by atoms with E-state index in [1.807, 2.05) is 6.07 Å². The summed E-state index contributed by atoms with van der Waals surface area (Å²) in [4.78, 5) is 4.44. The van der Waals surface area contributed by atoms with E-state index in [4.69, 9.17) is 42.1 Å². The molecule has 2 aromatic carbocycles. The third kappa shape index (κ3) is 5.91. The van der Waals surface area contributed by atoms with Crippen LogP contribution in [0, 0.1) is 11.3 Å². The summed E-state index contributed by atoms with van der Waals surface area (Å²) in [5, 5.41) is 14.4. The maximum Gasteiger partial charge on any atom is 0.163 e. The lowest BCUT2D eigenvalue weighted by Gasteiger charge is -2.17. The molecule has 0 unspecified atom stereocenters. The zero-order valence-electron chi connectivity index (χ0n) is 18.7. The molecular formula is C24H25Cl2N3O4. The summed E-state index contributed by atoms with van der Waals surface area (Å²) < 4.78 is 22.3. The highest BCUT2D eigenvalue weighted by molar-refractivity contribution is 6.37. The summed E-state index contributed by atoms with van der Waals surface area (Å²) >= 11 is 12.6. The minimum Gasteiger partial charge on any atom is -0.495 e. The molecule has 1 aromatic heterocycles. The number of hydrogen-bond acceptors (Lipinski definition) is 7. The maximum absolute atomic E-state index is 9.73. The molecule has 0 atom stereocenters. The number of nitriles is 1. The van der Waals surface area contributed by atoms with Gasteiger partial charge in [0.2, 0.25) is 0 Å². The van der Waals surface area contributed by atoms with Crippen molar-refractivity contribution in [2.75, 3.05) is 39.4 Å². The van der Waals surface area contributed by atoms with Crippen LogP contribution in [0.1, 0.15) is 25.3 Å². The normalized spacial score (nSPS) is 10.7. The van der Waals surface area contributed by atoms with E-state index in [0.717, 1.165) is 12.8 Å². The van der Waals surface area contributed by atoms with Crippen molar-refractivity contribution in [2.24, 2.45) is 0 Å². The number of pyridine rings is 1. The first kappa shape index (κ1) is 24.7. The summed E-state index contributed by atoms with van der Waals surface area (Å²) in [7, 11) is 3.13. The Balaban J connectivity index is 2.11. The number of hydrogen-bond donors (Lipinski definition) is 1. The van der Waals surface area contributed by atoms with Gasteiger partial charge in [0.1, 0.15) is 18.4 Å². The van der Waals surface area contributed by atoms with Crippen LogP contribution in [0.5, 0.6) is 17.2 Å². The first-order valence-corrected chi connectivity index (χ1v) is 11.2. The fourth-order valence-electron chi connectivity index (χ4n) is 3.12. The van der Waals surface area contributed by atoms with Gasteiger partial charge >= 0.3 is 0 Å². The molecule has 174 valence electrons. The molecule has 0 aliphatic heterocycles. The monoisotopic (exact) mass is 489 g/mol. The molecule has 0 saturated heterocycles. The average Bonchev–Trinajstić information content (AvgIpc) is 2.81. The number of aromatic nitrogens is 1. The van der Waals surface area contributed by atoms with E-state index in [1.54, 1.807) is 25.3 Å². The first-order valence-electron chi connectivity index (χ1n) is 10.4. The number of rotatable bonds is 11. The van der Waals surface area contributed by atoms with Crippen LogP contribution in [0.4, 0.5) is 11.4 Å². The number of fused-ring (bicyclic) bond motifs is 1.